The summed E-state index contributed by atoms with van der Waals surface area (Å²) in [6.07, 6.45) is 1.52. The van der Waals surface area contributed by atoms with Gasteiger partial charge in [-0.1, -0.05) is 49.3 Å². The first-order valence-electron chi connectivity index (χ1n) is 10.6. The zero-order valence-corrected chi connectivity index (χ0v) is 18.4. The summed E-state index contributed by atoms with van der Waals surface area (Å²) in [7, 11) is 0. The van der Waals surface area contributed by atoms with Crippen molar-refractivity contribution in [1.82, 2.24) is 24.9 Å². The molecule has 4 aromatic heterocycles. The van der Waals surface area contributed by atoms with Crippen molar-refractivity contribution in [3.05, 3.63) is 88.7 Å². The molecule has 10 nitrogen and oxygen atoms in total. The number of hydrogen-bond donors (Lipinski definition) is 2. The van der Waals surface area contributed by atoms with Gasteiger partial charge in [0.15, 0.2) is 17.2 Å². The quantitative estimate of drug-likeness (QED) is 0.390. The maximum atomic E-state index is 13.0. The molecular weight excluding hydrogens is 436 g/mol. The van der Waals surface area contributed by atoms with Gasteiger partial charge in [0.1, 0.15) is 11.5 Å². The number of nitrogens with one attached hydrogen (secondary N) is 2. The predicted molar refractivity (Wildman–Crippen MR) is 124 cm³/mol. The third-order valence-corrected chi connectivity index (χ3v) is 5.07. The van der Waals surface area contributed by atoms with Crippen molar-refractivity contribution in [3.63, 3.8) is 0 Å². The molecule has 0 spiro atoms. The molecular formula is C24H20N6O4. The van der Waals surface area contributed by atoms with E-state index in [1.54, 1.807) is 24.3 Å². The highest BCUT2D eigenvalue weighted by molar-refractivity contribution is 6.03. The Morgan fingerprint density at radius 3 is 2.62 bits per heavy atom. The molecule has 0 unspecified atom stereocenters. The van der Waals surface area contributed by atoms with E-state index in [1.807, 2.05) is 44.2 Å². The van der Waals surface area contributed by atoms with Crippen LogP contribution >= 0.6 is 0 Å². The van der Waals surface area contributed by atoms with Crippen molar-refractivity contribution in [1.29, 1.82) is 0 Å². The molecule has 4 heterocycles. The van der Waals surface area contributed by atoms with Gasteiger partial charge in [0.05, 0.1) is 12.0 Å². The molecule has 0 radical (unpaired) electrons. The van der Waals surface area contributed by atoms with Gasteiger partial charge in [0, 0.05) is 23.8 Å². The second-order valence-electron chi connectivity index (χ2n) is 7.85. The van der Waals surface area contributed by atoms with Crippen LogP contribution in [0.1, 0.15) is 35.9 Å². The average molecular weight is 456 g/mol. The standard InChI is InChI=1S/C24H20N6O4/c1-14(2)16-13-22(31)27-24(25-16)30-21(12-17(28-30)19-9-6-10-33-19)26-23(32)18-11-20(34-29-18)15-7-4-3-5-8-15/h3-14H,1-2H3,(H,26,32)(H,25,27,31). The fourth-order valence-electron chi connectivity index (χ4n) is 3.34. The maximum absolute atomic E-state index is 13.0. The highest BCUT2D eigenvalue weighted by Crippen LogP contribution is 2.25. The number of nitrogens with zero attached hydrogens (tertiary/aromatic N) is 4. The van der Waals surface area contributed by atoms with E-state index in [1.165, 1.54) is 17.0 Å². The van der Waals surface area contributed by atoms with Crippen molar-refractivity contribution in [3.8, 4) is 28.7 Å². The summed E-state index contributed by atoms with van der Waals surface area (Å²) in [5.41, 5.74) is 1.60. The molecule has 0 aliphatic carbocycles. The number of benzene rings is 1. The van der Waals surface area contributed by atoms with Gasteiger partial charge in [-0.05, 0) is 18.1 Å². The van der Waals surface area contributed by atoms with Crippen molar-refractivity contribution in [2.75, 3.05) is 5.32 Å². The molecule has 5 aromatic rings. The molecule has 2 N–H and O–H groups in total. The van der Waals surface area contributed by atoms with Gasteiger partial charge >= 0.3 is 0 Å². The maximum Gasteiger partial charge on any atom is 0.279 e. The molecule has 170 valence electrons. The van der Waals surface area contributed by atoms with Crippen LogP contribution in [-0.2, 0) is 0 Å². The fraction of sp³-hybridized carbons (Fsp3) is 0.125. The molecule has 0 aliphatic heterocycles. The largest absolute Gasteiger partial charge is 0.463 e. The van der Waals surface area contributed by atoms with E-state index < -0.39 is 5.91 Å². The number of amides is 1. The van der Waals surface area contributed by atoms with Gasteiger partial charge in [-0.25, -0.2) is 4.98 Å². The number of aromatic nitrogens is 5. The van der Waals surface area contributed by atoms with Crippen LogP contribution in [0.5, 0.6) is 0 Å². The zero-order valence-electron chi connectivity index (χ0n) is 18.4. The summed E-state index contributed by atoms with van der Waals surface area (Å²) < 4.78 is 12.1. The molecule has 0 aliphatic rings. The van der Waals surface area contributed by atoms with Crippen molar-refractivity contribution < 1.29 is 13.7 Å². The first kappa shape index (κ1) is 21.1. The number of anilines is 1. The van der Waals surface area contributed by atoms with E-state index in [9.17, 15) is 9.59 Å². The van der Waals surface area contributed by atoms with Gasteiger partial charge in [-0.3, -0.25) is 14.6 Å². The SMILES string of the molecule is CC(C)c1cc(=O)[nH]c(-n2nc(-c3ccco3)cc2NC(=O)c2cc(-c3ccccc3)on2)n1. The Labute approximate surface area is 193 Å². The Balaban J connectivity index is 1.52. The monoisotopic (exact) mass is 456 g/mol. The molecule has 10 heteroatoms. The van der Waals surface area contributed by atoms with Crippen LogP contribution in [0.25, 0.3) is 28.7 Å². The van der Waals surface area contributed by atoms with E-state index in [-0.39, 0.29) is 28.9 Å². The summed E-state index contributed by atoms with van der Waals surface area (Å²) in [6.45, 7) is 3.86. The number of hydrogen-bond acceptors (Lipinski definition) is 7. The van der Waals surface area contributed by atoms with Crippen LogP contribution in [-0.4, -0.2) is 30.8 Å². The topological polar surface area (TPSA) is 132 Å². The molecule has 0 saturated heterocycles. The summed E-state index contributed by atoms with van der Waals surface area (Å²) >= 11 is 0. The first-order chi connectivity index (χ1) is 16.5. The minimum atomic E-state index is -0.513. The molecule has 1 aromatic carbocycles. The minimum absolute atomic E-state index is 0.0192. The lowest BCUT2D eigenvalue weighted by atomic mass is 10.1. The number of rotatable bonds is 6. The normalized spacial score (nSPS) is 11.1. The smallest absolute Gasteiger partial charge is 0.279 e. The Bertz CT molecular complexity index is 1500. The van der Waals surface area contributed by atoms with Gasteiger partial charge in [0.2, 0.25) is 5.95 Å². The van der Waals surface area contributed by atoms with E-state index >= 15 is 0 Å². The van der Waals surface area contributed by atoms with Crippen LogP contribution in [0.4, 0.5) is 5.82 Å². The Hall–Kier alpha value is -4.73. The Kier molecular flexibility index (Phi) is 5.38. The molecule has 5 rings (SSSR count). The second-order valence-corrected chi connectivity index (χ2v) is 7.85. The van der Waals surface area contributed by atoms with Gasteiger partial charge < -0.3 is 14.3 Å². The molecule has 1 amide bonds. The Morgan fingerprint density at radius 2 is 1.88 bits per heavy atom. The lowest BCUT2D eigenvalue weighted by Gasteiger charge is -2.09. The summed E-state index contributed by atoms with van der Waals surface area (Å²) in [4.78, 5) is 32.4. The summed E-state index contributed by atoms with van der Waals surface area (Å²) in [6, 6.07) is 17.4. The van der Waals surface area contributed by atoms with Gasteiger partial charge in [-0.15, -0.1) is 0 Å². The fourth-order valence-corrected chi connectivity index (χ4v) is 3.34. The molecule has 34 heavy (non-hydrogen) atoms. The van der Waals surface area contributed by atoms with E-state index in [0.29, 0.717) is 22.9 Å². The highest BCUT2D eigenvalue weighted by atomic mass is 16.5. The molecule has 0 saturated carbocycles. The van der Waals surface area contributed by atoms with E-state index in [2.05, 4.69) is 25.5 Å². The number of H-pyrrole nitrogens is 1. The zero-order chi connectivity index (χ0) is 23.7. The van der Waals surface area contributed by atoms with Crippen molar-refractivity contribution >= 4 is 11.7 Å². The number of carbonyl (C=O) groups excluding carboxylic acids is 1. The van der Waals surface area contributed by atoms with Crippen LogP contribution < -0.4 is 10.9 Å². The lowest BCUT2D eigenvalue weighted by Crippen LogP contribution is -2.19. The first-order valence-corrected chi connectivity index (χ1v) is 10.6. The Morgan fingerprint density at radius 1 is 1.06 bits per heavy atom. The van der Waals surface area contributed by atoms with Crippen LogP contribution in [0.3, 0.4) is 0 Å². The summed E-state index contributed by atoms with van der Waals surface area (Å²) in [5, 5.41) is 11.2. The van der Waals surface area contributed by atoms with Crippen molar-refractivity contribution in [2.45, 2.75) is 19.8 Å². The second kappa shape index (κ2) is 8.66. The predicted octanol–water partition coefficient (Wildman–Crippen LogP) is 4.25. The molecule has 0 atom stereocenters. The minimum Gasteiger partial charge on any atom is -0.463 e. The number of furan rings is 1. The highest BCUT2D eigenvalue weighted by Gasteiger charge is 2.20. The molecule has 0 fully saturated rings. The average Bonchev–Trinajstić information content (AvgIpc) is 3.59. The summed E-state index contributed by atoms with van der Waals surface area (Å²) in [5.74, 6) is 0.890. The molecule has 0 bridgehead atoms. The third-order valence-electron chi connectivity index (χ3n) is 5.07. The van der Waals surface area contributed by atoms with Gasteiger partial charge in [-0.2, -0.15) is 9.78 Å². The van der Waals surface area contributed by atoms with E-state index in [0.717, 1.165) is 5.56 Å². The van der Waals surface area contributed by atoms with Crippen LogP contribution in [0.2, 0.25) is 0 Å². The lowest BCUT2D eigenvalue weighted by molar-refractivity contribution is 0.101. The van der Waals surface area contributed by atoms with Crippen LogP contribution in [0, 0.1) is 0 Å². The number of carbonyl (C=O) groups is 1. The van der Waals surface area contributed by atoms with E-state index in [4.69, 9.17) is 8.94 Å². The van der Waals surface area contributed by atoms with Crippen molar-refractivity contribution in [2.24, 2.45) is 0 Å². The number of aromatic amines is 1. The van der Waals surface area contributed by atoms with Crippen LogP contribution in [0.15, 0.2) is 80.7 Å². The van der Waals surface area contributed by atoms with Gasteiger partial charge in [0.25, 0.3) is 11.5 Å². The third kappa shape index (κ3) is 4.16.